The summed E-state index contributed by atoms with van der Waals surface area (Å²) in [6.07, 6.45) is 0. The maximum absolute atomic E-state index is 11.3. The Hall–Kier alpha value is -0.570. The molecule has 0 spiro atoms. The third-order valence-electron chi connectivity index (χ3n) is 3.36. The lowest BCUT2D eigenvalue weighted by Crippen LogP contribution is -2.71. The molecule has 1 amide bonds. The van der Waals surface area contributed by atoms with Gasteiger partial charge in [0.05, 0.1) is 6.54 Å². The molecule has 0 atom stereocenters. The van der Waals surface area contributed by atoms with E-state index in [1.54, 1.807) is 0 Å². The van der Waals surface area contributed by atoms with E-state index >= 15 is 0 Å². The number of nitrogens with two attached hydrogens (primary N) is 1. The molecule has 0 saturated carbocycles. The van der Waals surface area contributed by atoms with Crippen LogP contribution in [0.25, 0.3) is 0 Å². The standard InChI is InChI=1S/C9H18N2O/c1-8(2)6-11(7(12)5-10)9(8,3)4/h5-6,10H2,1-4H3. The van der Waals surface area contributed by atoms with E-state index in [1.807, 2.05) is 4.90 Å². The topological polar surface area (TPSA) is 46.3 Å². The Morgan fingerprint density at radius 3 is 2.17 bits per heavy atom. The molecule has 0 aromatic rings. The minimum atomic E-state index is -0.0382. The summed E-state index contributed by atoms with van der Waals surface area (Å²) in [6.45, 7) is 9.48. The van der Waals surface area contributed by atoms with Gasteiger partial charge in [0.15, 0.2) is 0 Å². The summed E-state index contributed by atoms with van der Waals surface area (Å²) in [5.41, 5.74) is 5.48. The van der Waals surface area contributed by atoms with Gasteiger partial charge in [-0.25, -0.2) is 0 Å². The highest BCUT2D eigenvalue weighted by Gasteiger charge is 2.53. The summed E-state index contributed by atoms with van der Waals surface area (Å²) in [5, 5.41) is 0. The van der Waals surface area contributed by atoms with E-state index in [4.69, 9.17) is 5.73 Å². The SMILES string of the molecule is CC1(C)CN(C(=O)CN)C1(C)C. The molecule has 0 bridgehead atoms. The zero-order valence-corrected chi connectivity index (χ0v) is 8.35. The quantitative estimate of drug-likeness (QED) is 0.626. The van der Waals surface area contributed by atoms with Gasteiger partial charge in [0, 0.05) is 17.5 Å². The van der Waals surface area contributed by atoms with E-state index in [-0.39, 0.29) is 23.4 Å². The van der Waals surface area contributed by atoms with Gasteiger partial charge >= 0.3 is 0 Å². The van der Waals surface area contributed by atoms with Gasteiger partial charge in [0.1, 0.15) is 0 Å². The average Bonchev–Trinajstić information content (AvgIpc) is 1.99. The van der Waals surface area contributed by atoms with Crippen LogP contribution < -0.4 is 5.73 Å². The second-order valence-electron chi connectivity index (χ2n) is 4.63. The molecule has 0 unspecified atom stereocenters. The van der Waals surface area contributed by atoms with Gasteiger partial charge in [-0.15, -0.1) is 0 Å². The first-order chi connectivity index (χ1) is 5.33. The first kappa shape index (κ1) is 9.52. The third-order valence-corrected chi connectivity index (χ3v) is 3.36. The Bertz CT molecular complexity index is 209. The van der Waals surface area contributed by atoms with Crippen molar-refractivity contribution in [2.24, 2.45) is 11.1 Å². The van der Waals surface area contributed by atoms with E-state index in [1.165, 1.54) is 0 Å². The second-order valence-corrected chi connectivity index (χ2v) is 4.63. The highest BCUT2D eigenvalue weighted by atomic mass is 16.2. The maximum atomic E-state index is 11.3. The van der Waals surface area contributed by atoms with Crippen molar-refractivity contribution in [1.82, 2.24) is 4.90 Å². The van der Waals surface area contributed by atoms with Crippen LogP contribution in [0.2, 0.25) is 0 Å². The molecule has 1 heterocycles. The highest BCUT2D eigenvalue weighted by molar-refractivity contribution is 5.80. The Labute approximate surface area is 73.9 Å². The van der Waals surface area contributed by atoms with E-state index in [9.17, 15) is 4.79 Å². The van der Waals surface area contributed by atoms with Gasteiger partial charge in [-0.1, -0.05) is 13.8 Å². The highest BCUT2D eigenvalue weighted by Crippen LogP contribution is 2.45. The summed E-state index contributed by atoms with van der Waals surface area (Å²) in [4.78, 5) is 13.2. The maximum Gasteiger partial charge on any atom is 0.236 e. The predicted octanol–water partition coefficient (Wildman–Crippen LogP) is 0.592. The van der Waals surface area contributed by atoms with Crippen LogP contribution in [-0.4, -0.2) is 29.4 Å². The number of amides is 1. The molecule has 70 valence electrons. The summed E-state index contributed by atoms with van der Waals surface area (Å²) in [7, 11) is 0. The summed E-state index contributed by atoms with van der Waals surface area (Å²) >= 11 is 0. The monoisotopic (exact) mass is 170 g/mol. The molecule has 2 N–H and O–H groups in total. The van der Waals surface area contributed by atoms with Crippen LogP contribution in [0.5, 0.6) is 0 Å². The molecule has 1 rings (SSSR count). The predicted molar refractivity (Wildman–Crippen MR) is 48.6 cm³/mol. The Kier molecular flexibility index (Phi) is 1.95. The minimum Gasteiger partial charge on any atom is -0.335 e. The van der Waals surface area contributed by atoms with Gasteiger partial charge in [0.25, 0.3) is 0 Å². The molecule has 1 fully saturated rings. The van der Waals surface area contributed by atoms with Crippen LogP contribution in [0.4, 0.5) is 0 Å². The van der Waals surface area contributed by atoms with Crippen molar-refractivity contribution in [3.8, 4) is 0 Å². The smallest absolute Gasteiger partial charge is 0.236 e. The van der Waals surface area contributed by atoms with Crippen LogP contribution in [-0.2, 0) is 4.79 Å². The van der Waals surface area contributed by atoms with E-state index in [0.29, 0.717) is 0 Å². The normalized spacial score (nSPS) is 24.9. The van der Waals surface area contributed by atoms with E-state index < -0.39 is 0 Å². The van der Waals surface area contributed by atoms with Crippen molar-refractivity contribution in [3.05, 3.63) is 0 Å². The second kappa shape index (κ2) is 2.46. The molecule has 1 aliphatic rings. The molecular weight excluding hydrogens is 152 g/mol. The largest absolute Gasteiger partial charge is 0.335 e. The molecule has 3 nitrogen and oxygen atoms in total. The molecule has 0 aromatic heterocycles. The fourth-order valence-electron chi connectivity index (χ4n) is 1.57. The zero-order valence-electron chi connectivity index (χ0n) is 8.35. The molecule has 1 aliphatic heterocycles. The molecule has 3 heteroatoms. The van der Waals surface area contributed by atoms with Crippen LogP contribution in [0.3, 0.4) is 0 Å². The van der Waals surface area contributed by atoms with Crippen LogP contribution >= 0.6 is 0 Å². The van der Waals surface area contributed by atoms with Gasteiger partial charge in [0.2, 0.25) is 5.91 Å². The molecule has 1 saturated heterocycles. The van der Waals surface area contributed by atoms with Crippen LogP contribution in [0.15, 0.2) is 0 Å². The first-order valence-corrected chi connectivity index (χ1v) is 4.33. The molecule has 0 radical (unpaired) electrons. The van der Waals surface area contributed by atoms with Crippen molar-refractivity contribution < 1.29 is 4.79 Å². The Balaban J connectivity index is 2.72. The number of likely N-dealkylation sites (tertiary alicyclic amines) is 1. The lowest BCUT2D eigenvalue weighted by molar-refractivity contribution is -0.165. The van der Waals surface area contributed by atoms with E-state index in [2.05, 4.69) is 27.7 Å². The fourth-order valence-corrected chi connectivity index (χ4v) is 1.57. The van der Waals surface area contributed by atoms with Gasteiger partial charge in [-0.3, -0.25) is 4.79 Å². The summed E-state index contributed by atoms with van der Waals surface area (Å²) < 4.78 is 0. The number of rotatable bonds is 1. The van der Waals surface area contributed by atoms with E-state index in [0.717, 1.165) is 6.54 Å². The third kappa shape index (κ3) is 1.04. The number of carbonyl (C=O) groups is 1. The molecular formula is C9H18N2O. The van der Waals surface area contributed by atoms with Gasteiger partial charge in [-0.05, 0) is 13.8 Å². The zero-order chi connectivity index (χ0) is 9.57. The van der Waals surface area contributed by atoms with Crippen LogP contribution in [0, 0.1) is 5.41 Å². The molecule has 12 heavy (non-hydrogen) atoms. The molecule has 0 aromatic carbocycles. The number of nitrogens with zero attached hydrogens (tertiary/aromatic N) is 1. The Morgan fingerprint density at radius 2 is 1.92 bits per heavy atom. The fraction of sp³-hybridized carbons (Fsp3) is 0.889. The lowest BCUT2D eigenvalue weighted by atomic mass is 9.65. The summed E-state index contributed by atoms with van der Waals surface area (Å²) in [6, 6.07) is 0. The first-order valence-electron chi connectivity index (χ1n) is 4.33. The summed E-state index contributed by atoms with van der Waals surface area (Å²) in [5.74, 6) is 0.0549. The number of hydrogen-bond acceptors (Lipinski definition) is 2. The van der Waals surface area contributed by atoms with Gasteiger partial charge < -0.3 is 10.6 Å². The average molecular weight is 170 g/mol. The van der Waals surface area contributed by atoms with Crippen molar-refractivity contribution in [1.29, 1.82) is 0 Å². The molecule has 0 aliphatic carbocycles. The van der Waals surface area contributed by atoms with Crippen molar-refractivity contribution in [2.75, 3.05) is 13.1 Å². The van der Waals surface area contributed by atoms with Crippen molar-refractivity contribution >= 4 is 5.91 Å². The number of hydrogen-bond donors (Lipinski definition) is 1. The van der Waals surface area contributed by atoms with Crippen molar-refractivity contribution in [3.63, 3.8) is 0 Å². The van der Waals surface area contributed by atoms with Crippen molar-refractivity contribution in [2.45, 2.75) is 33.2 Å². The lowest BCUT2D eigenvalue weighted by Gasteiger charge is -2.61. The van der Waals surface area contributed by atoms with Gasteiger partial charge in [-0.2, -0.15) is 0 Å². The Morgan fingerprint density at radius 1 is 1.42 bits per heavy atom. The number of carbonyl (C=O) groups excluding carboxylic acids is 1. The minimum absolute atomic E-state index is 0.0382. The van der Waals surface area contributed by atoms with Crippen LogP contribution in [0.1, 0.15) is 27.7 Å².